The first-order valence-electron chi connectivity index (χ1n) is 6.77. The number of halogens is 1. The zero-order chi connectivity index (χ0) is 14.0. The number of alkyl halides is 1. The summed E-state index contributed by atoms with van der Waals surface area (Å²) < 4.78 is 28.8. The lowest BCUT2D eigenvalue weighted by Gasteiger charge is -2.19. The Bertz CT molecular complexity index is 539. The minimum Gasteiger partial charge on any atom is -0.349 e. The molecule has 108 valence electrons. The summed E-state index contributed by atoms with van der Waals surface area (Å²) in [5.74, 6) is 0.338. The molecule has 2 rings (SSSR count). The maximum Gasteiger partial charge on any atom is 0.244 e. The molecule has 1 fully saturated rings. The molecule has 1 aromatic heterocycles. The van der Waals surface area contributed by atoms with E-state index >= 15 is 0 Å². The molecule has 19 heavy (non-hydrogen) atoms. The largest absolute Gasteiger partial charge is 0.349 e. The van der Waals surface area contributed by atoms with Crippen molar-refractivity contribution in [2.75, 3.05) is 6.54 Å². The minimum atomic E-state index is -3.36. The number of aryl methyl sites for hydroxylation is 1. The van der Waals surface area contributed by atoms with Crippen LogP contribution < -0.4 is 0 Å². The number of rotatable bonds is 5. The van der Waals surface area contributed by atoms with Gasteiger partial charge in [0.15, 0.2) is 0 Å². The second-order valence-corrected chi connectivity index (χ2v) is 7.26. The predicted octanol–water partition coefficient (Wildman–Crippen LogP) is 2.81. The van der Waals surface area contributed by atoms with Crippen molar-refractivity contribution >= 4 is 21.6 Å². The Morgan fingerprint density at radius 1 is 1.47 bits per heavy atom. The fourth-order valence-electron chi connectivity index (χ4n) is 2.63. The van der Waals surface area contributed by atoms with E-state index in [1.54, 1.807) is 16.6 Å². The quantitative estimate of drug-likeness (QED) is 0.785. The second kappa shape index (κ2) is 5.85. The van der Waals surface area contributed by atoms with Gasteiger partial charge in [-0.2, -0.15) is 4.31 Å². The highest BCUT2D eigenvalue weighted by Gasteiger charge is 2.33. The van der Waals surface area contributed by atoms with Crippen LogP contribution >= 0.6 is 11.6 Å². The van der Waals surface area contributed by atoms with Gasteiger partial charge in [0.1, 0.15) is 4.90 Å². The van der Waals surface area contributed by atoms with Crippen LogP contribution in [0.4, 0.5) is 0 Å². The number of nitrogens with zero attached hydrogens (tertiary/aromatic N) is 2. The zero-order valence-corrected chi connectivity index (χ0v) is 13.0. The van der Waals surface area contributed by atoms with Crippen LogP contribution in [0.15, 0.2) is 17.2 Å². The number of sulfonamides is 1. The van der Waals surface area contributed by atoms with Crippen molar-refractivity contribution in [2.45, 2.75) is 56.5 Å². The molecule has 2 heterocycles. The zero-order valence-electron chi connectivity index (χ0n) is 11.5. The molecule has 1 atom stereocenters. The van der Waals surface area contributed by atoms with E-state index in [0.29, 0.717) is 17.3 Å². The normalized spacial score (nSPS) is 21.1. The van der Waals surface area contributed by atoms with Gasteiger partial charge in [-0.15, -0.1) is 11.6 Å². The van der Waals surface area contributed by atoms with Crippen molar-refractivity contribution in [3.05, 3.63) is 18.0 Å². The van der Waals surface area contributed by atoms with E-state index < -0.39 is 10.0 Å². The first kappa shape index (κ1) is 14.9. The van der Waals surface area contributed by atoms with Gasteiger partial charge in [-0.3, -0.25) is 0 Å². The van der Waals surface area contributed by atoms with Gasteiger partial charge in [0, 0.05) is 31.0 Å². The van der Waals surface area contributed by atoms with Crippen LogP contribution in [0.25, 0.3) is 0 Å². The summed E-state index contributed by atoms with van der Waals surface area (Å²) in [5.41, 5.74) is 0.869. The lowest BCUT2D eigenvalue weighted by molar-refractivity contribution is 0.408. The number of hydrogen-bond donors (Lipinski definition) is 0. The summed E-state index contributed by atoms with van der Waals surface area (Å²) in [5, 5.41) is 0. The third-order valence-electron chi connectivity index (χ3n) is 3.66. The fourth-order valence-corrected chi connectivity index (χ4v) is 4.62. The molecule has 1 aromatic rings. The van der Waals surface area contributed by atoms with Gasteiger partial charge in [0.25, 0.3) is 0 Å². The van der Waals surface area contributed by atoms with Crippen molar-refractivity contribution in [1.29, 1.82) is 0 Å². The summed E-state index contributed by atoms with van der Waals surface area (Å²) in [6.07, 6.45) is 4.56. The molecular weight excluding hydrogens is 284 g/mol. The molecule has 1 aliphatic heterocycles. The van der Waals surface area contributed by atoms with Gasteiger partial charge in [0.2, 0.25) is 10.0 Å². The van der Waals surface area contributed by atoms with E-state index in [-0.39, 0.29) is 6.04 Å². The predicted molar refractivity (Wildman–Crippen MR) is 76.9 cm³/mol. The van der Waals surface area contributed by atoms with E-state index in [0.717, 1.165) is 31.5 Å². The summed E-state index contributed by atoms with van der Waals surface area (Å²) in [4.78, 5) is 0.380. The Labute approximate surface area is 120 Å². The van der Waals surface area contributed by atoms with Gasteiger partial charge in [-0.1, -0.05) is 6.92 Å². The molecule has 0 aliphatic carbocycles. The molecule has 1 aliphatic rings. The second-order valence-electron chi connectivity index (χ2n) is 5.10. The van der Waals surface area contributed by atoms with Crippen molar-refractivity contribution in [2.24, 2.45) is 0 Å². The van der Waals surface area contributed by atoms with Gasteiger partial charge >= 0.3 is 0 Å². The van der Waals surface area contributed by atoms with Gasteiger partial charge < -0.3 is 4.57 Å². The van der Waals surface area contributed by atoms with E-state index in [1.807, 2.05) is 11.5 Å². The molecule has 0 amide bonds. The van der Waals surface area contributed by atoms with Crippen LogP contribution in [0, 0.1) is 0 Å². The molecule has 0 spiro atoms. The maximum absolute atomic E-state index is 12.6. The van der Waals surface area contributed by atoms with Crippen LogP contribution in [0.1, 0.15) is 38.8 Å². The van der Waals surface area contributed by atoms with E-state index in [9.17, 15) is 8.42 Å². The third-order valence-corrected chi connectivity index (χ3v) is 5.91. The standard InChI is InChI=1S/C13H21ClN2O2S/c1-3-6-15-10-13(8-12(15)9-14)19(17,18)16-7-4-5-11(16)2/h8,10-11H,3-7,9H2,1-2H3. The van der Waals surface area contributed by atoms with Crippen molar-refractivity contribution < 1.29 is 8.42 Å². The van der Waals surface area contributed by atoms with Crippen molar-refractivity contribution in [3.8, 4) is 0 Å². The Morgan fingerprint density at radius 2 is 2.21 bits per heavy atom. The van der Waals surface area contributed by atoms with Crippen molar-refractivity contribution in [1.82, 2.24) is 8.87 Å². The Balaban J connectivity index is 2.35. The van der Waals surface area contributed by atoms with E-state index in [4.69, 9.17) is 11.6 Å². The Kier molecular flexibility index (Phi) is 4.58. The highest BCUT2D eigenvalue weighted by molar-refractivity contribution is 7.89. The lowest BCUT2D eigenvalue weighted by Crippen LogP contribution is -2.33. The molecule has 0 N–H and O–H groups in total. The lowest BCUT2D eigenvalue weighted by atomic mass is 10.3. The average molecular weight is 305 g/mol. The van der Waals surface area contributed by atoms with Crippen molar-refractivity contribution in [3.63, 3.8) is 0 Å². The maximum atomic E-state index is 12.6. The van der Waals surface area contributed by atoms with Crippen LogP contribution in [-0.2, 0) is 22.4 Å². The smallest absolute Gasteiger partial charge is 0.244 e. The summed E-state index contributed by atoms with van der Waals surface area (Å²) in [6, 6.07) is 1.81. The molecule has 0 saturated carbocycles. The molecule has 0 aromatic carbocycles. The number of hydrogen-bond acceptors (Lipinski definition) is 2. The summed E-state index contributed by atoms with van der Waals surface area (Å²) >= 11 is 5.89. The van der Waals surface area contributed by atoms with Crippen LogP contribution in [0.3, 0.4) is 0 Å². The first-order valence-corrected chi connectivity index (χ1v) is 8.75. The first-order chi connectivity index (χ1) is 9.00. The Morgan fingerprint density at radius 3 is 2.74 bits per heavy atom. The molecule has 1 unspecified atom stereocenters. The molecule has 4 nitrogen and oxygen atoms in total. The van der Waals surface area contributed by atoms with Gasteiger partial charge in [-0.05, 0) is 32.3 Å². The average Bonchev–Trinajstić information content (AvgIpc) is 2.96. The van der Waals surface area contributed by atoms with Crippen LogP contribution in [0.5, 0.6) is 0 Å². The fraction of sp³-hybridized carbons (Fsp3) is 0.692. The topological polar surface area (TPSA) is 42.3 Å². The Hall–Kier alpha value is -0.520. The highest BCUT2D eigenvalue weighted by atomic mass is 35.5. The summed E-state index contributed by atoms with van der Waals surface area (Å²) in [6.45, 7) is 5.45. The summed E-state index contributed by atoms with van der Waals surface area (Å²) in [7, 11) is -3.36. The highest BCUT2D eigenvalue weighted by Crippen LogP contribution is 2.27. The monoisotopic (exact) mass is 304 g/mol. The molecule has 1 saturated heterocycles. The van der Waals surface area contributed by atoms with Crippen LogP contribution in [-0.4, -0.2) is 29.9 Å². The SMILES string of the molecule is CCCn1cc(S(=O)(=O)N2CCCC2C)cc1CCl. The van der Waals surface area contributed by atoms with Gasteiger partial charge in [-0.25, -0.2) is 8.42 Å². The molecule has 6 heteroatoms. The van der Waals surface area contributed by atoms with E-state index in [1.165, 1.54) is 0 Å². The molecule has 0 radical (unpaired) electrons. The van der Waals surface area contributed by atoms with E-state index in [2.05, 4.69) is 6.92 Å². The van der Waals surface area contributed by atoms with Crippen LogP contribution in [0.2, 0.25) is 0 Å². The molecule has 0 bridgehead atoms. The molecular formula is C13H21ClN2O2S. The third kappa shape index (κ3) is 2.83. The minimum absolute atomic E-state index is 0.0963. The number of aromatic nitrogens is 1. The van der Waals surface area contributed by atoms with Gasteiger partial charge in [0.05, 0.1) is 5.88 Å².